The molecule has 4 rings (SSSR count). The van der Waals surface area contributed by atoms with E-state index < -0.39 is 17.7 Å². The Kier molecular flexibility index (Phi) is 5.20. The van der Waals surface area contributed by atoms with Crippen LogP contribution in [0.25, 0.3) is 5.76 Å². The summed E-state index contributed by atoms with van der Waals surface area (Å²) in [7, 11) is 0. The van der Waals surface area contributed by atoms with Gasteiger partial charge in [0, 0.05) is 28.0 Å². The maximum absolute atomic E-state index is 13.0. The first-order valence-electron chi connectivity index (χ1n) is 8.84. The zero-order chi connectivity index (χ0) is 21.4. The largest absolute Gasteiger partial charge is 0.507 e. The number of aliphatic hydroxyl groups is 1. The van der Waals surface area contributed by atoms with E-state index in [1.165, 1.54) is 30.5 Å². The molecule has 0 aliphatic carbocycles. The van der Waals surface area contributed by atoms with Crippen LogP contribution in [-0.2, 0) is 9.59 Å². The number of rotatable bonds is 3. The zero-order valence-corrected chi connectivity index (χ0v) is 16.8. The molecule has 1 aliphatic rings. The lowest BCUT2D eigenvalue weighted by Gasteiger charge is -2.25. The number of phenols is 1. The molecule has 1 aromatic heterocycles. The maximum atomic E-state index is 13.0. The van der Waals surface area contributed by atoms with Crippen molar-refractivity contribution in [3.8, 4) is 5.75 Å². The Bertz CT molecular complexity index is 1190. The standard InChI is InChI=1S/C22H14Cl2N2O4/c23-14-5-1-3-12(9-14)20(28)18-19(13-4-2-8-25-11-13)26(22(30)21(18)29)16-10-15(24)6-7-17(16)27/h1-11,19,27-28H/b20-18+. The second-order valence-electron chi connectivity index (χ2n) is 6.60. The van der Waals surface area contributed by atoms with Gasteiger partial charge in [0.15, 0.2) is 0 Å². The molecule has 1 amide bonds. The number of pyridine rings is 1. The lowest BCUT2D eigenvalue weighted by Crippen LogP contribution is -2.29. The first-order chi connectivity index (χ1) is 14.4. The summed E-state index contributed by atoms with van der Waals surface area (Å²) in [6.45, 7) is 0. The number of hydrogen-bond acceptors (Lipinski definition) is 5. The van der Waals surface area contributed by atoms with Gasteiger partial charge in [-0.25, -0.2) is 0 Å². The van der Waals surface area contributed by atoms with Crippen molar-refractivity contribution < 1.29 is 19.8 Å². The van der Waals surface area contributed by atoms with Gasteiger partial charge in [-0.3, -0.25) is 19.5 Å². The highest BCUT2D eigenvalue weighted by molar-refractivity contribution is 6.52. The Morgan fingerprint density at radius 2 is 1.77 bits per heavy atom. The number of carbonyl (C=O) groups excluding carboxylic acids is 2. The molecule has 1 unspecified atom stereocenters. The van der Waals surface area contributed by atoms with Gasteiger partial charge >= 0.3 is 0 Å². The summed E-state index contributed by atoms with van der Waals surface area (Å²) in [5.41, 5.74) is 0.655. The molecule has 1 saturated heterocycles. The summed E-state index contributed by atoms with van der Waals surface area (Å²) in [5.74, 6) is -2.43. The predicted octanol–water partition coefficient (Wildman–Crippen LogP) is 4.72. The molecule has 1 atom stereocenters. The fourth-order valence-electron chi connectivity index (χ4n) is 3.41. The van der Waals surface area contributed by atoms with E-state index in [2.05, 4.69) is 4.98 Å². The summed E-state index contributed by atoms with van der Waals surface area (Å²) in [5, 5.41) is 22.0. The third kappa shape index (κ3) is 3.40. The molecule has 8 heteroatoms. The van der Waals surface area contributed by atoms with E-state index >= 15 is 0 Å². The summed E-state index contributed by atoms with van der Waals surface area (Å²) in [6.07, 6.45) is 3.03. The lowest BCUT2D eigenvalue weighted by molar-refractivity contribution is -0.132. The average Bonchev–Trinajstić information content (AvgIpc) is 3.00. The summed E-state index contributed by atoms with van der Waals surface area (Å²) in [4.78, 5) is 31.2. The second kappa shape index (κ2) is 7.82. The normalized spacial score (nSPS) is 18.1. The number of Topliss-reactive ketones (excluding diaryl/α,β-unsaturated/α-hetero) is 1. The highest BCUT2D eigenvalue weighted by atomic mass is 35.5. The van der Waals surface area contributed by atoms with Crippen molar-refractivity contribution in [3.05, 3.63) is 93.7 Å². The molecular formula is C22H14Cl2N2O4. The van der Waals surface area contributed by atoms with Crippen molar-refractivity contribution >= 4 is 46.3 Å². The Hall–Kier alpha value is -3.35. The van der Waals surface area contributed by atoms with Crippen LogP contribution in [0, 0.1) is 0 Å². The number of aliphatic hydroxyl groups excluding tert-OH is 1. The van der Waals surface area contributed by atoms with Crippen LogP contribution in [0.4, 0.5) is 5.69 Å². The van der Waals surface area contributed by atoms with Gasteiger partial charge in [-0.1, -0.05) is 41.4 Å². The van der Waals surface area contributed by atoms with E-state index in [1.54, 1.807) is 36.5 Å². The average molecular weight is 441 g/mol. The third-order valence-corrected chi connectivity index (χ3v) is 5.21. The SMILES string of the molecule is O=C1C(=O)N(c2cc(Cl)ccc2O)C(c2cccnc2)/C1=C(\O)c1cccc(Cl)c1. The van der Waals surface area contributed by atoms with Crippen molar-refractivity contribution in [2.45, 2.75) is 6.04 Å². The number of ketones is 1. The van der Waals surface area contributed by atoms with Crippen LogP contribution < -0.4 is 4.90 Å². The number of hydrogen-bond donors (Lipinski definition) is 2. The van der Waals surface area contributed by atoms with Crippen molar-refractivity contribution in [2.24, 2.45) is 0 Å². The molecule has 3 aromatic rings. The summed E-state index contributed by atoms with van der Waals surface area (Å²) >= 11 is 12.1. The molecule has 0 spiro atoms. The van der Waals surface area contributed by atoms with Gasteiger partial charge in [-0.15, -0.1) is 0 Å². The van der Waals surface area contributed by atoms with E-state index in [-0.39, 0.29) is 33.4 Å². The highest BCUT2D eigenvalue weighted by Gasteiger charge is 2.47. The maximum Gasteiger partial charge on any atom is 0.300 e. The number of phenolic OH excluding ortho intramolecular Hbond substituents is 1. The molecule has 2 heterocycles. The van der Waals surface area contributed by atoms with Gasteiger partial charge < -0.3 is 10.2 Å². The van der Waals surface area contributed by atoms with E-state index in [9.17, 15) is 19.8 Å². The van der Waals surface area contributed by atoms with E-state index in [0.29, 0.717) is 10.6 Å². The second-order valence-corrected chi connectivity index (χ2v) is 7.47. The first kappa shape index (κ1) is 19.9. The van der Waals surface area contributed by atoms with Crippen molar-refractivity contribution in [1.82, 2.24) is 4.98 Å². The van der Waals surface area contributed by atoms with Gasteiger partial charge in [0.1, 0.15) is 11.5 Å². The molecule has 1 fully saturated rings. The minimum absolute atomic E-state index is 0.0450. The fraction of sp³-hybridized carbons (Fsp3) is 0.0455. The van der Waals surface area contributed by atoms with Crippen LogP contribution in [-0.4, -0.2) is 26.9 Å². The van der Waals surface area contributed by atoms with Crippen LogP contribution in [0.3, 0.4) is 0 Å². The van der Waals surface area contributed by atoms with Gasteiger partial charge in [-0.05, 0) is 42.0 Å². The van der Waals surface area contributed by atoms with E-state index in [0.717, 1.165) is 4.90 Å². The minimum atomic E-state index is -1.03. The van der Waals surface area contributed by atoms with Crippen LogP contribution in [0.5, 0.6) is 5.75 Å². The number of benzene rings is 2. The number of amides is 1. The molecule has 150 valence electrons. The number of nitrogens with zero attached hydrogens (tertiary/aromatic N) is 2. The molecule has 2 aromatic carbocycles. The van der Waals surface area contributed by atoms with Crippen molar-refractivity contribution in [2.75, 3.05) is 4.90 Å². The molecule has 6 nitrogen and oxygen atoms in total. The summed E-state index contributed by atoms with van der Waals surface area (Å²) in [6, 6.07) is 12.8. The van der Waals surface area contributed by atoms with Gasteiger partial charge in [-0.2, -0.15) is 0 Å². The van der Waals surface area contributed by atoms with Gasteiger partial charge in [0.2, 0.25) is 0 Å². The fourth-order valence-corrected chi connectivity index (χ4v) is 3.77. The van der Waals surface area contributed by atoms with Crippen LogP contribution in [0.2, 0.25) is 10.0 Å². The number of halogens is 2. The van der Waals surface area contributed by atoms with E-state index in [4.69, 9.17) is 23.2 Å². The Morgan fingerprint density at radius 1 is 1.00 bits per heavy atom. The molecule has 2 N–H and O–H groups in total. The van der Waals surface area contributed by atoms with Crippen LogP contribution >= 0.6 is 23.2 Å². The molecule has 0 radical (unpaired) electrons. The number of aromatic nitrogens is 1. The number of aromatic hydroxyl groups is 1. The third-order valence-electron chi connectivity index (χ3n) is 4.74. The monoisotopic (exact) mass is 440 g/mol. The topological polar surface area (TPSA) is 90.7 Å². The number of anilines is 1. The van der Waals surface area contributed by atoms with Gasteiger partial charge in [0.25, 0.3) is 11.7 Å². The zero-order valence-electron chi connectivity index (χ0n) is 15.3. The van der Waals surface area contributed by atoms with E-state index in [1.807, 2.05) is 0 Å². The highest BCUT2D eigenvalue weighted by Crippen LogP contribution is 2.45. The predicted molar refractivity (Wildman–Crippen MR) is 114 cm³/mol. The van der Waals surface area contributed by atoms with Crippen molar-refractivity contribution in [3.63, 3.8) is 0 Å². The molecule has 30 heavy (non-hydrogen) atoms. The Morgan fingerprint density at radius 3 is 2.47 bits per heavy atom. The molecular weight excluding hydrogens is 427 g/mol. The lowest BCUT2D eigenvalue weighted by atomic mass is 9.96. The molecule has 0 saturated carbocycles. The van der Waals surface area contributed by atoms with Crippen LogP contribution in [0.15, 0.2) is 72.6 Å². The Labute approximate surface area is 181 Å². The van der Waals surface area contributed by atoms with Crippen molar-refractivity contribution in [1.29, 1.82) is 0 Å². The first-order valence-corrected chi connectivity index (χ1v) is 9.59. The quantitative estimate of drug-likeness (QED) is 0.349. The minimum Gasteiger partial charge on any atom is -0.507 e. The Balaban J connectivity index is 1.99. The molecule has 0 bridgehead atoms. The molecule has 1 aliphatic heterocycles. The summed E-state index contributed by atoms with van der Waals surface area (Å²) < 4.78 is 0. The smallest absolute Gasteiger partial charge is 0.300 e. The number of carbonyl (C=O) groups is 2. The van der Waals surface area contributed by atoms with Crippen LogP contribution in [0.1, 0.15) is 17.2 Å². The van der Waals surface area contributed by atoms with Gasteiger partial charge in [0.05, 0.1) is 17.3 Å².